The van der Waals surface area contributed by atoms with Gasteiger partial charge in [0.25, 0.3) is 0 Å². The molecule has 0 unspecified atom stereocenters. The second-order valence-corrected chi connectivity index (χ2v) is 7.00. The minimum atomic E-state index is 0.0222. The molecule has 2 N–H and O–H groups in total. The molecular formula is C19H22Cl2N2O2. The van der Waals surface area contributed by atoms with Crippen LogP contribution in [0, 0.1) is 5.92 Å². The maximum Gasteiger partial charge on any atom is 0.224 e. The smallest absolute Gasteiger partial charge is 0.224 e. The molecule has 0 atom stereocenters. The number of ether oxygens (including phenoxy) is 1. The summed E-state index contributed by atoms with van der Waals surface area (Å²) in [6.45, 7) is 4.55. The fraction of sp³-hybridized carbons (Fsp3) is 0.316. The number of halogens is 2. The number of benzene rings is 2. The molecule has 0 saturated heterocycles. The molecule has 0 spiro atoms. The lowest BCUT2D eigenvalue weighted by molar-refractivity contribution is -0.116. The molecule has 134 valence electrons. The maximum atomic E-state index is 11.8. The second-order valence-electron chi connectivity index (χ2n) is 6.16. The fourth-order valence-corrected chi connectivity index (χ4v) is 3.04. The van der Waals surface area contributed by atoms with E-state index >= 15 is 0 Å². The topological polar surface area (TPSA) is 50.4 Å². The lowest BCUT2D eigenvalue weighted by atomic mass is 10.1. The third-order valence-electron chi connectivity index (χ3n) is 3.53. The number of anilines is 2. The number of carbonyl (C=O) groups excluding carboxylic acids is 1. The molecule has 0 bridgehead atoms. The fourth-order valence-electron chi connectivity index (χ4n) is 2.43. The van der Waals surface area contributed by atoms with Gasteiger partial charge in [-0.2, -0.15) is 0 Å². The van der Waals surface area contributed by atoms with Gasteiger partial charge in [0, 0.05) is 34.9 Å². The van der Waals surface area contributed by atoms with Crippen molar-refractivity contribution in [1.29, 1.82) is 0 Å². The van der Waals surface area contributed by atoms with Crippen molar-refractivity contribution >= 4 is 40.5 Å². The number of hydrogen-bond acceptors (Lipinski definition) is 3. The molecule has 0 aromatic heterocycles. The summed E-state index contributed by atoms with van der Waals surface area (Å²) in [5.41, 5.74) is 2.56. The van der Waals surface area contributed by atoms with Crippen LogP contribution < -0.4 is 15.4 Å². The van der Waals surface area contributed by atoms with E-state index in [2.05, 4.69) is 10.6 Å². The molecule has 1 amide bonds. The monoisotopic (exact) mass is 380 g/mol. The van der Waals surface area contributed by atoms with Crippen LogP contribution in [0.25, 0.3) is 0 Å². The zero-order valence-electron chi connectivity index (χ0n) is 14.5. The summed E-state index contributed by atoms with van der Waals surface area (Å²) < 4.78 is 5.34. The van der Waals surface area contributed by atoms with E-state index in [-0.39, 0.29) is 5.91 Å². The average molecular weight is 381 g/mol. The minimum Gasteiger partial charge on any atom is -0.495 e. The molecule has 0 saturated carbocycles. The molecule has 0 aliphatic rings. The predicted molar refractivity (Wildman–Crippen MR) is 105 cm³/mol. The zero-order chi connectivity index (χ0) is 18.4. The van der Waals surface area contributed by atoms with Crippen molar-refractivity contribution < 1.29 is 9.53 Å². The lowest BCUT2D eigenvalue weighted by Crippen LogP contribution is -2.13. The van der Waals surface area contributed by atoms with Gasteiger partial charge in [-0.15, -0.1) is 0 Å². The zero-order valence-corrected chi connectivity index (χ0v) is 16.0. The molecule has 0 heterocycles. The Morgan fingerprint density at radius 2 is 1.76 bits per heavy atom. The molecule has 0 radical (unpaired) electrons. The first-order valence-electron chi connectivity index (χ1n) is 8.04. The van der Waals surface area contributed by atoms with Crippen LogP contribution >= 0.6 is 23.2 Å². The van der Waals surface area contributed by atoms with Gasteiger partial charge in [-0.3, -0.25) is 4.79 Å². The normalized spacial score (nSPS) is 10.6. The number of rotatable bonds is 7. The standard InChI is InChI=1S/C19H22Cl2N2O2/c1-12(2)8-18(24)23-16-6-4-15(5-7-16)22-11-13-9-14(20)10-17(21)19(13)25-3/h4-7,9-10,12,22H,8,11H2,1-3H3,(H,23,24). The quantitative estimate of drug-likeness (QED) is 0.657. The van der Waals surface area contributed by atoms with Crippen molar-refractivity contribution in [3.05, 3.63) is 52.0 Å². The van der Waals surface area contributed by atoms with Gasteiger partial charge >= 0.3 is 0 Å². The summed E-state index contributed by atoms with van der Waals surface area (Å²) in [5.74, 6) is 0.964. The van der Waals surface area contributed by atoms with Gasteiger partial charge in [0.1, 0.15) is 5.75 Å². The van der Waals surface area contributed by atoms with Crippen molar-refractivity contribution in [3.8, 4) is 5.75 Å². The molecule has 0 fully saturated rings. The van der Waals surface area contributed by atoms with E-state index in [4.69, 9.17) is 27.9 Å². The second kappa shape index (κ2) is 8.97. The van der Waals surface area contributed by atoms with E-state index in [0.29, 0.717) is 34.7 Å². The van der Waals surface area contributed by atoms with Crippen molar-refractivity contribution in [2.24, 2.45) is 5.92 Å². The van der Waals surface area contributed by atoms with E-state index in [1.165, 1.54) is 0 Å². The molecule has 6 heteroatoms. The molecule has 2 aromatic rings. The molecule has 4 nitrogen and oxygen atoms in total. The molecule has 2 aromatic carbocycles. The van der Waals surface area contributed by atoms with E-state index in [1.807, 2.05) is 44.2 Å². The summed E-state index contributed by atoms with van der Waals surface area (Å²) >= 11 is 12.2. The molecule has 0 aliphatic heterocycles. The first-order chi connectivity index (χ1) is 11.9. The van der Waals surface area contributed by atoms with Crippen molar-refractivity contribution in [3.63, 3.8) is 0 Å². The van der Waals surface area contributed by atoms with Crippen LogP contribution in [-0.4, -0.2) is 13.0 Å². The van der Waals surface area contributed by atoms with Crippen molar-refractivity contribution in [2.75, 3.05) is 17.7 Å². The highest BCUT2D eigenvalue weighted by Gasteiger charge is 2.10. The van der Waals surface area contributed by atoms with Gasteiger partial charge < -0.3 is 15.4 Å². The highest BCUT2D eigenvalue weighted by molar-refractivity contribution is 6.35. The average Bonchev–Trinajstić information content (AvgIpc) is 2.53. The minimum absolute atomic E-state index is 0.0222. The molecular weight excluding hydrogens is 359 g/mol. The highest BCUT2D eigenvalue weighted by atomic mass is 35.5. The van der Waals surface area contributed by atoms with Gasteiger partial charge in [-0.1, -0.05) is 37.0 Å². The number of hydrogen-bond donors (Lipinski definition) is 2. The molecule has 25 heavy (non-hydrogen) atoms. The van der Waals surface area contributed by atoms with Gasteiger partial charge in [0.15, 0.2) is 0 Å². The van der Waals surface area contributed by atoms with Gasteiger partial charge in [-0.25, -0.2) is 0 Å². The first kappa shape index (κ1) is 19.4. The van der Waals surface area contributed by atoms with E-state index in [0.717, 1.165) is 16.9 Å². The lowest BCUT2D eigenvalue weighted by Gasteiger charge is -2.13. The predicted octanol–water partition coefficient (Wildman–Crippen LogP) is 5.60. The Bertz CT molecular complexity index is 731. The van der Waals surface area contributed by atoms with Crippen LogP contribution in [0.1, 0.15) is 25.8 Å². The Labute approximate surface area is 158 Å². The largest absolute Gasteiger partial charge is 0.495 e. The Morgan fingerprint density at radius 3 is 2.36 bits per heavy atom. The Kier molecular flexibility index (Phi) is 6.97. The van der Waals surface area contributed by atoms with Crippen LogP contribution in [0.3, 0.4) is 0 Å². The third-order valence-corrected chi connectivity index (χ3v) is 4.03. The summed E-state index contributed by atoms with van der Waals surface area (Å²) in [5, 5.41) is 7.22. The number of methoxy groups -OCH3 is 1. The van der Waals surface area contributed by atoms with Crippen LogP contribution in [0.2, 0.25) is 10.0 Å². The van der Waals surface area contributed by atoms with Gasteiger partial charge in [0.2, 0.25) is 5.91 Å². The van der Waals surface area contributed by atoms with E-state index in [9.17, 15) is 4.79 Å². The Balaban J connectivity index is 1.99. The SMILES string of the molecule is COc1c(Cl)cc(Cl)cc1CNc1ccc(NC(=O)CC(C)C)cc1. The highest BCUT2D eigenvalue weighted by Crippen LogP contribution is 2.32. The van der Waals surface area contributed by atoms with E-state index in [1.54, 1.807) is 13.2 Å². The summed E-state index contributed by atoms with van der Waals surface area (Å²) in [7, 11) is 1.58. The van der Waals surface area contributed by atoms with Crippen LogP contribution in [0.5, 0.6) is 5.75 Å². The van der Waals surface area contributed by atoms with Crippen LogP contribution in [0.15, 0.2) is 36.4 Å². The summed E-state index contributed by atoms with van der Waals surface area (Å²) in [4.78, 5) is 11.8. The summed E-state index contributed by atoms with van der Waals surface area (Å²) in [6, 6.07) is 11.0. The third kappa shape index (κ3) is 5.83. The van der Waals surface area contributed by atoms with Crippen LogP contribution in [0.4, 0.5) is 11.4 Å². The number of nitrogens with one attached hydrogen (secondary N) is 2. The number of amides is 1. The van der Waals surface area contributed by atoms with E-state index < -0.39 is 0 Å². The maximum absolute atomic E-state index is 11.8. The molecule has 2 rings (SSSR count). The van der Waals surface area contributed by atoms with Crippen molar-refractivity contribution in [1.82, 2.24) is 0 Å². The van der Waals surface area contributed by atoms with Gasteiger partial charge in [0.05, 0.1) is 12.1 Å². The molecule has 0 aliphatic carbocycles. The number of carbonyl (C=O) groups is 1. The van der Waals surface area contributed by atoms with Gasteiger partial charge in [-0.05, 0) is 42.3 Å². The first-order valence-corrected chi connectivity index (χ1v) is 8.80. The Morgan fingerprint density at radius 1 is 1.12 bits per heavy atom. The van der Waals surface area contributed by atoms with Crippen molar-refractivity contribution in [2.45, 2.75) is 26.8 Å². The summed E-state index contributed by atoms with van der Waals surface area (Å²) in [6.07, 6.45) is 0.509. The Hall–Kier alpha value is -1.91. The van der Waals surface area contributed by atoms with Crippen LogP contribution in [-0.2, 0) is 11.3 Å².